The largest absolute Gasteiger partial charge is 0.488 e. The molecule has 0 saturated carbocycles. The normalized spacial score (nSPS) is 18.7. The Labute approximate surface area is 250 Å². The maximum absolute atomic E-state index is 13.7. The second-order valence-corrected chi connectivity index (χ2v) is 14.4. The molecule has 1 aliphatic heterocycles. The molecule has 0 radical (unpaired) electrons. The zero-order valence-corrected chi connectivity index (χ0v) is 26.1. The summed E-state index contributed by atoms with van der Waals surface area (Å²) >= 11 is 5.92. The Bertz CT molecular complexity index is 1660. The third kappa shape index (κ3) is 6.42. The van der Waals surface area contributed by atoms with Gasteiger partial charge >= 0.3 is 0 Å². The number of rotatable bonds is 9. The van der Waals surface area contributed by atoms with Crippen LogP contribution in [0.15, 0.2) is 56.8 Å². The number of carbonyl (C=O) groups is 1. The average molecular weight is 641 g/mol. The van der Waals surface area contributed by atoms with Crippen LogP contribution >= 0.6 is 11.6 Å². The number of aliphatic hydroxyl groups excluding tert-OH is 1. The summed E-state index contributed by atoms with van der Waals surface area (Å²) in [7, 11) is -6.56. The molecule has 1 aliphatic rings. The lowest BCUT2D eigenvalue weighted by atomic mass is 9.99. The number of hydrogen-bond acceptors (Lipinski definition) is 9. The number of aromatic nitrogens is 1. The van der Waals surface area contributed by atoms with E-state index in [0.717, 1.165) is 0 Å². The van der Waals surface area contributed by atoms with E-state index in [4.69, 9.17) is 20.9 Å². The Morgan fingerprint density at radius 3 is 2.43 bits per heavy atom. The van der Waals surface area contributed by atoms with Gasteiger partial charge in [-0.3, -0.25) is 9.52 Å². The second kappa shape index (κ2) is 12.2. The van der Waals surface area contributed by atoms with E-state index in [-0.39, 0.29) is 63.9 Å². The molecule has 0 unspecified atom stereocenters. The van der Waals surface area contributed by atoms with Crippen molar-refractivity contribution < 1.29 is 36.0 Å². The van der Waals surface area contributed by atoms with Crippen molar-refractivity contribution in [3.8, 4) is 5.75 Å². The number of ether oxygens (including phenoxy) is 1. The van der Waals surface area contributed by atoms with Gasteiger partial charge in [-0.15, -0.1) is 0 Å². The van der Waals surface area contributed by atoms with E-state index < -0.39 is 38.1 Å². The van der Waals surface area contributed by atoms with E-state index >= 15 is 0 Å². The van der Waals surface area contributed by atoms with Crippen LogP contribution in [0.1, 0.15) is 35.7 Å². The molecule has 2 heterocycles. The van der Waals surface area contributed by atoms with Gasteiger partial charge in [0.1, 0.15) is 17.5 Å². The first kappa shape index (κ1) is 31.8. The summed E-state index contributed by atoms with van der Waals surface area (Å²) < 4.78 is 67.6. The van der Waals surface area contributed by atoms with E-state index in [2.05, 4.69) is 9.88 Å². The molecule has 1 amide bonds. The predicted octanol–water partition coefficient (Wildman–Crippen LogP) is 3.29. The lowest BCUT2D eigenvalue weighted by molar-refractivity contribution is 0.0387. The summed E-state index contributed by atoms with van der Waals surface area (Å²) in [6.07, 6.45) is -0.706. The molecule has 228 valence electrons. The number of likely N-dealkylation sites (N-methyl/N-ethyl adjacent to an activating group) is 1. The van der Waals surface area contributed by atoms with Crippen LogP contribution in [0.25, 0.3) is 0 Å². The summed E-state index contributed by atoms with van der Waals surface area (Å²) in [5.74, 6) is -0.568. The monoisotopic (exact) mass is 640 g/mol. The van der Waals surface area contributed by atoms with Gasteiger partial charge < -0.3 is 19.3 Å². The highest BCUT2D eigenvalue weighted by Crippen LogP contribution is 2.32. The molecule has 1 aromatic heterocycles. The number of sulfonamides is 2. The number of anilines is 1. The van der Waals surface area contributed by atoms with Crippen LogP contribution in [0, 0.1) is 19.8 Å². The molecule has 0 aliphatic carbocycles. The smallest absolute Gasteiger partial charge is 0.267 e. The maximum Gasteiger partial charge on any atom is 0.267 e. The summed E-state index contributed by atoms with van der Waals surface area (Å²) in [5.41, 5.74) is 0.326. The van der Waals surface area contributed by atoms with Crippen LogP contribution in [0.3, 0.4) is 0 Å². The Kier molecular flexibility index (Phi) is 9.23. The van der Waals surface area contributed by atoms with Crippen molar-refractivity contribution in [2.75, 3.05) is 31.5 Å². The average Bonchev–Trinajstić information content (AvgIpc) is 3.28. The number of fused-ring (bicyclic) bond motifs is 1. The molecule has 12 nitrogen and oxygen atoms in total. The Morgan fingerprint density at radius 1 is 1.17 bits per heavy atom. The van der Waals surface area contributed by atoms with Crippen LogP contribution in [-0.2, 0) is 20.0 Å². The minimum atomic E-state index is -4.10. The molecule has 42 heavy (non-hydrogen) atoms. The Hall–Kier alpha value is -3.17. The quantitative estimate of drug-likeness (QED) is 0.358. The van der Waals surface area contributed by atoms with Gasteiger partial charge in [0.15, 0.2) is 10.7 Å². The zero-order chi connectivity index (χ0) is 31.0. The Morgan fingerprint density at radius 2 is 1.83 bits per heavy atom. The lowest BCUT2D eigenvalue weighted by Gasteiger charge is -2.38. The van der Waals surface area contributed by atoms with Crippen molar-refractivity contribution in [1.29, 1.82) is 0 Å². The number of halogens is 1. The number of aliphatic hydroxyl groups is 1. The minimum Gasteiger partial charge on any atom is -0.488 e. The molecule has 0 spiro atoms. The first-order valence-electron chi connectivity index (χ1n) is 13.1. The third-order valence-electron chi connectivity index (χ3n) is 7.11. The first-order valence-corrected chi connectivity index (χ1v) is 16.4. The van der Waals surface area contributed by atoms with E-state index in [1.807, 2.05) is 6.92 Å². The van der Waals surface area contributed by atoms with Gasteiger partial charge in [-0.2, -0.15) is 4.31 Å². The van der Waals surface area contributed by atoms with E-state index in [9.17, 15) is 26.7 Å². The molecule has 0 fully saturated rings. The van der Waals surface area contributed by atoms with Crippen molar-refractivity contribution in [1.82, 2.24) is 14.4 Å². The van der Waals surface area contributed by atoms with Crippen LogP contribution in [0.2, 0.25) is 5.02 Å². The SMILES string of the molecule is Cc1noc(C)c1S(=O)(=O)Nc1ccc2c(c1)C(=O)N([C@@H](C)CO)C[C@H](C)[C@H](CN(C)S(=O)(=O)c1ccc(Cl)cc1)O2. The summed E-state index contributed by atoms with van der Waals surface area (Å²) in [4.78, 5) is 15.1. The van der Waals surface area contributed by atoms with Crippen LogP contribution < -0.4 is 9.46 Å². The maximum atomic E-state index is 13.7. The van der Waals surface area contributed by atoms with Gasteiger partial charge in [0.25, 0.3) is 15.9 Å². The van der Waals surface area contributed by atoms with Crippen molar-refractivity contribution in [3.63, 3.8) is 0 Å². The van der Waals surface area contributed by atoms with Crippen molar-refractivity contribution >= 4 is 43.2 Å². The number of nitrogens with one attached hydrogen (secondary N) is 1. The van der Waals surface area contributed by atoms with Gasteiger partial charge in [-0.25, -0.2) is 16.8 Å². The predicted molar refractivity (Wildman–Crippen MR) is 156 cm³/mol. The van der Waals surface area contributed by atoms with Gasteiger partial charge in [0.05, 0.1) is 29.7 Å². The number of benzene rings is 2. The van der Waals surface area contributed by atoms with Gasteiger partial charge in [-0.05, 0) is 63.2 Å². The molecule has 0 bridgehead atoms. The lowest BCUT2D eigenvalue weighted by Crippen LogP contribution is -2.50. The van der Waals surface area contributed by atoms with Gasteiger partial charge in [0.2, 0.25) is 10.0 Å². The fourth-order valence-corrected chi connectivity index (χ4v) is 7.40. The standard InChI is InChI=1S/C27H33ClN4O8S2/c1-16-13-32(17(2)15-33)27(34)23-12-21(30-41(35,36)26-18(3)29-40-19(26)4)8-11-24(23)39-25(16)14-31(5)42(37,38)22-9-6-20(28)7-10-22/h6-12,16-17,25,30,33H,13-15H2,1-5H3/t16-,17-,25-/m0/s1. The number of hydrogen-bond donors (Lipinski definition) is 2. The fraction of sp³-hybridized carbons (Fsp3) is 0.407. The van der Waals surface area contributed by atoms with E-state index in [1.165, 1.54) is 72.6 Å². The summed E-state index contributed by atoms with van der Waals surface area (Å²) in [6, 6.07) is 9.49. The van der Waals surface area contributed by atoms with Crippen LogP contribution in [0.5, 0.6) is 5.75 Å². The highest BCUT2D eigenvalue weighted by molar-refractivity contribution is 7.92. The molecule has 2 aromatic carbocycles. The first-order chi connectivity index (χ1) is 19.6. The number of aryl methyl sites for hydroxylation is 2. The van der Waals surface area contributed by atoms with Gasteiger partial charge in [-0.1, -0.05) is 23.7 Å². The third-order valence-corrected chi connectivity index (χ3v) is 10.8. The molecule has 2 N–H and O–H groups in total. The molecule has 15 heteroatoms. The number of carbonyl (C=O) groups excluding carboxylic acids is 1. The van der Waals surface area contributed by atoms with Crippen LogP contribution in [0.4, 0.5) is 5.69 Å². The summed E-state index contributed by atoms with van der Waals surface area (Å²) in [6.45, 7) is 6.27. The molecule has 4 rings (SSSR count). The molecular formula is C27H33ClN4O8S2. The Balaban J connectivity index is 1.69. The zero-order valence-electron chi connectivity index (χ0n) is 23.7. The van der Waals surface area contributed by atoms with Crippen molar-refractivity contribution in [3.05, 3.63) is 64.5 Å². The van der Waals surface area contributed by atoms with E-state index in [1.54, 1.807) is 6.92 Å². The molecule has 3 aromatic rings. The number of amides is 1. The fourth-order valence-electron chi connectivity index (χ4n) is 4.71. The second-order valence-electron chi connectivity index (χ2n) is 10.3. The number of nitrogens with zero attached hydrogens (tertiary/aromatic N) is 3. The van der Waals surface area contributed by atoms with Gasteiger partial charge in [0, 0.05) is 30.2 Å². The van der Waals surface area contributed by atoms with Crippen molar-refractivity contribution in [2.24, 2.45) is 5.92 Å². The topological polar surface area (TPSA) is 159 Å². The minimum absolute atomic E-state index is 0.0503. The molecule has 3 atom stereocenters. The highest BCUT2D eigenvalue weighted by Gasteiger charge is 2.36. The summed E-state index contributed by atoms with van der Waals surface area (Å²) in [5, 5.41) is 14.0. The van der Waals surface area contributed by atoms with E-state index in [0.29, 0.717) is 5.02 Å². The molecule has 0 saturated heterocycles. The van der Waals surface area contributed by atoms with Crippen molar-refractivity contribution in [2.45, 2.75) is 49.6 Å². The molecular weight excluding hydrogens is 608 g/mol. The highest BCUT2D eigenvalue weighted by atomic mass is 35.5. The van der Waals surface area contributed by atoms with Crippen LogP contribution in [-0.4, -0.2) is 81.1 Å².